The fourth-order valence-corrected chi connectivity index (χ4v) is 2.82. The van der Waals surface area contributed by atoms with Crippen LogP contribution in [-0.4, -0.2) is 20.6 Å². The van der Waals surface area contributed by atoms with E-state index in [2.05, 4.69) is 36.8 Å². The van der Waals surface area contributed by atoms with Crippen LogP contribution in [0.5, 0.6) is 0 Å². The number of hydrogen-bond donors (Lipinski definition) is 2. The Kier molecular flexibility index (Phi) is 4.98. The Labute approximate surface area is 152 Å². The van der Waals surface area contributed by atoms with Crippen LogP contribution >= 0.6 is 15.9 Å². The normalized spacial score (nSPS) is 12.4. The minimum absolute atomic E-state index is 0.0631. The average Bonchev–Trinajstić information content (AvgIpc) is 2.99. The van der Waals surface area contributed by atoms with E-state index in [0.717, 1.165) is 0 Å². The molecule has 0 radical (unpaired) electrons. The number of urea groups is 1. The lowest BCUT2D eigenvalue weighted by Crippen LogP contribution is -2.36. The predicted octanol–water partition coefficient (Wildman–Crippen LogP) is 4.15. The first-order valence-electron chi connectivity index (χ1n) is 7.78. The third-order valence-electron chi connectivity index (χ3n) is 3.75. The van der Waals surface area contributed by atoms with Gasteiger partial charge in [-0.1, -0.05) is 35.8 Å². The van der Waals surface area contributed by atoms with Gasteiger partial charge in [0.25, 0.3) is 0 Å². The molecule has 2 heterocycles. The van der Waals surface area contributed by atoms with Crippen molar-refractivity contribution in [3.8, 4) is 0 Å². The van der Waals surface area contributed by atoms with Crippen molar-refractivity contribution >= 4 is 33.3 Å². The van der Waals surface area contributed by atoms with Crippen LogP contribution in [-0.2, 0) is 0 Å². The lowest BCUT2D eigenvalue weighted by molar-refractivity contribution is 0.243. The lowest BCUT2D eigenvalue weighted by Gasteiger charge is -2.21. The van der Waals surface area contributed by atoms with E-state index in [1.54, 1.807) is 6.07 Å². The summed E-state index contributed by atoms with van der Waals surface area (Å²) < 4.78 is 16.3. The van der Waals surface area contributed by atoms with E-state index in [1.807, 2.05) is 42.6 Å². The maximum absolute atomic E-state index is 13.9. The Morgan fingerprint density at radius 1 is 1.24 bits per heavy atom. The fourth-order valence-electron chi connectivity index (χ4n) is 2.49. The highest BCUT2D eigenvalue weighted by atomic mass is 79.9. The molecule has 2 N–H and O–H groups in total. The van der Waals surface area contributed by atoms with Gasteiger partial charge in [-0.15, -0.1) is 10.2 Å². The van der Waals surface area contributed by atoms with Crippen molar-refractivity contribution in [2.75, 3.05) is 5.32 Å². The molecule has 3 aromatic rings. The van der Waals surface area contributed by atoms with E-state index in [9.17, 15) is 9.18 Å². The van der Waals surface area contributed by atoms with Crippen molar-refractivity contribution in [1.82, 2.24) is 19.9 Å². The molecule has 1 aromatic carbocycles. The molecular weight excluding hydrogens is 389 g/mol. The Morgan fingerprint density at radius 2 is 2.04 bits per heavy atom. The van der Waals surface area contributed by atoms with E-state index in [1.165, 1.54) is 12.1 Å². The average molecular weight is 406 g/mol. The van der Waals surface area contributed by atoms with E-state index in [-0.39, 0.29) is 17.6 Å². The lowest BCUT2D eigenvalue weighted by atomic mass is 10.0. The number of nitrogens with one attached hydrogen (secondary N) is 2. The number of halogens is 2. The Hall–Kier alpha value is -2.48. The minimum Gasteiger partial charge on any atom is -0.328 e. The Bertz CT molecular complexity index is 911. The van der Waals surface area contributed by atoms with Crippen molar-refractivity contribution in [3.63, 3.8) is 0 Å². The number of carbonyl (C=O) groups excluding carboxylic acids is 1. The summed E-state index contributed by atoms with van der Waals surface area (Å²) in [6, 6.07) is 9.14. The van der Waals surface area contributed by atoms with Crippen molar-refractivity contribution < 1.29 is 9.18 Å². The molecule has 1 unspecified atom stereocenters. The van der Waals surface area contributed by atoms with Gasteiger partial charge >= 0.3 is 6.03 Å². The molecule has 0 bridgehead atoms. The molecule has 130 valence electrons. The zero-order valence-electron chi connectivity index (χ0n) is 13.7. The number of fused-ring (bicyclic) bond motifs is 1. The number of aromatic nitrogens is 3. The molecule has 8 heteroatoms. The molecule has 1 atom stereocenters. The third-order valence-corrected chi connectivity index (χ3v) is 4.24. The quantitative estimate of drug-likeness (QED) is 0.684. The second-order valence-electron chi connectivity index (χ2n) is 5.93. The van der Waals surface area contributed by atoms with Gasteiger partial charge < -0.3 is 10.6 Å². The summed E-state index contributed by atoms with van der Waals surface area (Å²) in [6.45, 7) is 3.93. The number of anilines is 1. The molecule has 25 heavy (non-hydrogen) atoms. The summed E-state index contributed by atoms with van der Waals surface area (Å²) in [5, 5.41) is 13.7. The number of carbonyl (C=O) groups is 1. The Balaban J connectivity index is 1.81. The third kappa shape index (κ3) is 3.79. The molecule has 0 aliphatic heterocycles. The molecule has 0 spiro atoms. The van der Waals surface area contributed by atoms with Crippen molar-refractivity contribution in [1.29, 1.82) is 0 Å². The van der Waals surface area contributed by atoms with Gasteiger partial charge in [-0.25, -0.2) is 9.18 Å². The van der Waals surface area contributed by atoms with Crippen LogP contribution in [0, 0.1) is 11.7 Å². The highest BCUT2D eigenvalue weighted by molar-refractivity contribution is 9.10. The molecule has 3 rings (SSSR count). The van der Waals surface area contributed by atoms with Gasteiger partial charge in [0.1, 0.15) is 5.82 Å². The van der Waals surface area contributed by atoms with Crippen LogP contribution in [0.15, 0.2) is 47.1 Å². The maximum atomic E-state index is 13.9. The number of hydrogen-bond acceptors (Lipinski definition) is 3. The highest BCUT2D eigenvalue weighted by Crippen LogP contribution is 2.22. The molecular formula is C17H17BrFN5O. The zero-order chi connectivity index (χ0) is 18.0. The zero-order valence-corrected chi connectivity index (χ0v) is 15.3. The van der Waals surface area contributed by atoms with Crippen LogP contribution in [0.3, 0.4) is 0 Å². The van der Waals surface area contributed by atoms with Crippen LogP contribution in [0.2, 0.25) is 0 Å². The maximum Gasteiger partial charge on any atom is 0.319 e. The second kappa shape index (κ2) is 7.18. The molecule has 0 saturated heterocycles. The van der Waals surface area contributed by atoms with Crippen LogP contribution in [0.1, 0.15) is 25.7 Å². The van der Waals surface area contributed by atoms with Gasteiger partial charge in [0, 0.05) is 10.7 Å². The molecule has 2 amide bonds. The van der Waals surface area contributed by atoms with Gasteiger partial charge in [-0.2, -0.15) is 0 Å². The van der Waals surface area contributed by atoms with E-state index in [0.29, 0.717) is 15.9 Å². The highest BCUT2D eigenvalue weighted by Gasteiger charge is 2.24. The predicted molar refractivity (Wildman–Crippen MR) is 96.8 cm³/mol. The van der Waals surface area contributed by atoms with E-state index >= 15 is 0 Å². The van der Waals surface area contributed by atoms with Gasteiger partial charge in [-0.05, 0) is 36.2 Å². The van der Waals surface area contributed by atoms with Crippen molar-refractivity contribution in [3.05, 3.63) is 58.7 Å². The smallest absolute Gasteiger partial charge is 0.319 e. The molecule has 6 nitrogen and oxygen atoms in total. The van der Waals surface area contributed by atoms with Crippen molar-refractivity contribution in [2.24, 2.45) is 5.92 Å². The van der Waals surface area contributed by atoms with E-state index in [4.69, 9.17) is 0 Å². The number of rotatable bonds is 4. The molecule has 0 fully saturated rings. The Morgan fingerprint density at radius 3 is 2.76 bits per heavy atom. The van der Waals surface area contributed by atoms with Gasteiger partial charge in [0.05, 0.1) is 11.7 Å². The van der Waals surface area contributed by atoms with Crippen molar-refractivity contribution in [2.45, 2.75) is 19.9 Å². The first kappa shape index (κ1) is 17.3. The minimum atomic E-state index is -0.515. The number of amides is 2. The van der Waals surface area contributed by atoms with Crippen LogP contribution < -0.4 is 10.6 Å². The summed E-state index contributed by atoms with van der Waals surface area (Å²) in [5.41, 5.74) is 0.804. The summed E-state index contributed by atoms with van der Waals surface area (Å²) in [6.07, 6.45) is 1.84. The number of nitrogens with zero attached hydrogens (tertiary/aromatic N) is 3. The SMILES string of the molecule is CC(C)C(NC(=O)Nc1ccc(Br)cc1F)c1nnc2ccccn12. The fraction of sp³-hybridized carbons (Fsp3) is 0.235. The summed E-state index contributed by atoms with van der Waals surface area (Å²) in [5.74, 6) is 0.170. The van der Waals surface area contributed by atoms with Crippen LogP contribution in [0.4, 0.5) is 14.9 Å². The van der Waals surface area contributed by atoms with E-state index < -0.39 is 11.8 Å². The first-order valence-corrected chi connectivity index (χ1v) is 8.57. The molecule has 0 saturated carbocycles. The number of pyridine rings is 1. The van der Waals surface area contributed by atoms with Gasteiger partial charge in [-0.3, -0.25) is 4.40 Å². The second-order valence-corrected chi connectivity index (χ2v) is 6.85. The van der Waals surface area contributed by atoms with Crippen LogP contribution in [0.25, 0.3) is 5.65 Å². The molecule has 2 aromatic heterocycles. The largest absolute Gasteiger partial charge is 0.328 e. The molecule has 0 aliphatic carbocycles. The van der Waals surface area contributed by atoms with Gasteiger partial charge in [0.15, 0.2) is 11.5 Å². The summed E-state index contributed by atoms with van der Waals surface area (Å²) >= 11 is 3.18. The summed E-state index contributed by atoms with van der Waals surface area (Å²) in [7, 11) is 0. The number of benzene rings is 1. The summed E-state index contributed by atoms with van der Waals surface area (Å²) in [4.78, 5) is 12.3. The van der Waals surface area contributed by atoms with Gasteiger partial charge in [0.2, 0.25) is 0 Å². The molecule has 0 aliphatic rings. The topological polar surface area (TPSA) is 71.3 Å². The first-order chi connectivity index (χ1) is 12.0. The monoisotopic (exact) mass is 405 g/mol. The standard InChI is InChI=1S/C17H17BrFN5O/c1-10(2)15(16-23-22-14-5-3-4-8-24(14)16)21-17(25)20-13-7-6-11(18)9-12(13)19/h3-10,15H,1-2H3,(H2,20,21,25).